The molecule has 0 spiro atoms. The summed E-state index contributed by atoms with van der Waals surface area (Å²) in [6, 6.07) is 13.5. The van der Waals surface area contributed by atoms with E-state index in [9.17, 15) is 4.79 Å². The Morgan fingerprint density at radius 1 is 1.25 bits per heavy atom. The molecule has 1 aliphatic heterocycles. The third-order valence-corrected chi connectivity index (χ3v) is 4.86. The Labute approximate surface area is 145 Å². The molecule has 0 radical (unpaired) electrons. The third kappa shape index (κ3) is 3.94. The predicted octanol–water partition coefficient (Wildman–Crippen LogP) is 3.91. The van der Waals surface area contributed by atoms with Crippen molar-refractivity contribution in [3.05, 3.63) is 60.1 Å². The molecule has 1 aromatic carbocycles. The van der Waals surface area contributed by atoms with E-state index in [2.05, 4.69) is 17.1 Å². The lowest BCUT2D eigenvalue weighted by atomic mass is 10.2. The van der Waals surface area contributed by atoms with Gasteiger partial charge in [-0.15, -0.1) is 5.10 Å². The Balaban J connectivity index is 1.79. The highest BCUT2D eigenvalue weighted by Crippen LogP contribution is 2.31. The lowest BCUT2D eigenvalue weighted by molar-refractivity contribution is -0.126. The third-order valence-electron chi connectivity index (χ3n) is 3.63. The van der Waals surface area contributed by atoms with Gasteiger partial charge >= 0.3 is 0 Å². The first-order valence-electron chi connectivity index (χ1n) is 7.94. The van der Waals surface area contributed by atoms with E-state index in [0.29, 0.717) is 17.5 Å². The Morgan fingerprint density at radius 2 is 2.08 bits per heavy atom. The highest BCUT2D eigenvalue weighted by molar-refractivity contribution is 8.15. The Morgan fingerprint density at radius 3 is 2.79 bits per heavy atom. The molecule has 0 aliphatic carbocycles. The van der Waals surface area contributed by atoms with E-state index in [1.165, 1.54) is 11.8 Å². The average molecular weight is 341 g/mol. The summed E-state index contributed by atoms with van der Waals surface area (Å²) in [5.74, 6) is 0.742. The maximum absolute atomic E-state index is 12.7. The summed E-state index contributed by atoms with van der Waals surface area (Å²) in [6.45, 7) is 2.60. The largest absolute Gasteiger partial charge is 0.463 e. The van der Waals surface area contributed by atoms with Gasteiger partial charge in [0.15, 0.2) is 5.17 Å². The number of nitrogens with zero attached hydrogens (tertiary/aromatic N) is 3. The van der Waals surface area contributed by atoms with Gasteiger partial charge in [0.05, 0.1) is 24.3 Å². The number of amides is 1. The molecular weight excluding hydrogens is 322 g/mol. The van der Waals surface area contributed by atoms with Crippen molar-refractivity contribution >= 4 is 29.1 Å². The molecule has 1 aromatic heterocycles. The van der Waals surface area contributed by atoms with Gasteiger partial charge in [0, 0.05) is 0 Å². The van der Waals surface area contributed by atoms with Crippen LogP contribution in [0.1, 0.15) is 31.1 Å². The SMILES string of the molecule is CCCC1S/C(=N/N=C/c2ccco2)N(Cc2ccccc2)C1=O. The van der Waals surface area contributed by atoms with Crippen LogP contribution in [-0.2, 0) is 11.3 Å². The summed E-state index contributed by atoms with van der Waals surface area (Å²) < 4.78 is 5.20. The fourth-order valence-electron chi connectivity index (χ4n) is 2.44. The smallest absolute Gasteiger partial charge is 0.242 e. The monoisotopic (exact) mass is 341 g/mol. The van der Waals surface area contributed by atoms with Gasteiger partial charge in [0.2, 0.25) is 5.91 Å². The summed E-state index contributed by atoms with van der Waals surface area (Å²) in [6.07, 6.45) is 4.94. The molecule has 0 N–H and O–H groups in total. The van der Waals surface area contributed by atoms with Crippen LogP contribution in [0.3, 0.4) is 0 Å². The van der Waals surface area contributed by atoms with E-state index in [-0.39, 0.29) is 11.2 Å². The maximum Gasteiger partial charge on any atom is 0.242 e. The van der Waals surface area contributed by atoms with Gasteiger partial charge < -0.3 is 4.42 Å². The van der Waals surface area contributed by atoms with Crippen molar-refractivity contribution in [1.82, 2.24) is 4.90 Å². The van der Waals surface area contributed by atoms with Crippen LogP contribution in [0, 0.1) is 0 Å². The zero-order chi connectivity index (χ0) is 16.8. The second-order valence-corrected chi connectivity index (χ2v) is 6.62. The average Bonchev–Trinajstić information content (AvgIpc) is 3.21. The minimum Gasteiger partial charge on any atom is -0.463 e. The second kappa shape index (κ2) is 7.97. The van der Waals surface area contributed by atoms with Gasteiger partial charge in [-0.05, 0) is 24.1 Å². The first-order valence-corrected chi connectivity index (χ1v) is 8.82. The van der Waals surface area contributed by atoms with Crippen LogP contribution in [0.2, 0.25) is 0 Å². The highest BCUT2D eigenvalue weighted by atomic mass is 32.2. The molecule has 24 heavy (non-hydrogen) atoms. The quantitative estimate of drug-likeness (QED) is 0.591. The molecule has 1 fully saturated rings. The molecule has 0 bridgehead atoms. The summed E-state index contributed by atoms with van der Waals surface area (Å²) in [5, 5.41) is 8.89. The number of rotatable bonds is 6. The van der Waals surface area contributed by atoms with Crippen LogP contribution in [0.15, 0.2) is 63.3 Å². The van der Waals surface area contributed by atoms with E-state index >= 15 is 0 Å². The first-order chi connectivity index (χ1) is 11.8. The van der Waals surface area contributed by atoms with Crippen LogP contribution in [-0.4, -0.2) is 27.4 Å². The fourth-order valence-corrected chi connectivity index (χ4v) is 3.66. The molecule has 6 heteroatoms. The van der Waals surface area contributed by atoms with Crippen molar-refractivity contribution in [2.24, 2.45) is 10.2 Å². The van der Waals surface area contributed by atoms with E-state index < -0.39 is 0 Å². The second-order valence-electron chi connectivity index (χ2n) is 5.45. The standard InChI is InChI=1S/C18H19N3O2S/c1-2-7-16-17(22)21(13-14-8-4-3-5-9-14)18(24-16)20-19-12-15-10-6-11-23-15/h3-6,8-12,16H,2,7,13H2,1H3/b19-12+,20-18+. The van der Waals surface area contributed by atoms with Crippen LogP contribution < -0.4 is 0 Å². The number of benzene rings is 1. The lowest BCUT2D eigenvalue weighted by Gasteiger charge is -2.15. The number of hydrogen-bond donors (Lipinski definition) is 0. The molecule has 1 aliphatic rings. The summed E-state index contributed by atoms with van der Waals surface area (Å²) in [7, 11) is 0. The summed E-state index contributed by atoms with van der Waals surface area (Å²) in [5.41, 5.74) is 1.08. The van der Waals surface area contributed by atoms with Crippen LogP contribution in [0.5, 0.6) is 0 Å². The lowest BCUT2D eigenvalue weighted by Crippen LogP contribution is -2.31. The number of carbonyl (C=O) groups excluding carboxylic acids is 1. The van der Waals surface area contributed by atoms with Gasteiger partial charge in [0.25, 0.3) is 0 Å². The van der Waals surface area contributed by atoms with E-state index in [1.807, 2.05) is 30.3 Å². The molecular formula is C18H19N3O2S. The zero-order valence-corrected chi connectivity index (χ0v) is 14.3. The predicted molar refractivity (Wildman–Crippen MR) is 97.0 cm³/mol. The molecule has 1 saturated heterocycles. The molecule has 2 heterocycles. The van der Waals surface area contributed by atoms with Crippen molar-refractivity contribution in [3.63, 3.8) is 0 Å². The molecule has 1 amide bonds. The van der Waals surface area contributed by atoms with Crippen molar-refractivity contribution in [1.29, 1.82) is 0 Å². The normalized spacial score (nSPS) is 19.7. The van der Waals surface area contributed by atoms with E-state index in [0.717, 1.165) is 18.4 Å². The highest BCUT2D eigenvalue weighted by Gasteiger charge is 2.37. The Hall–Kier alpha value is -2.34. The van der Waals surface area contributed by atoms with Crippen molar-refractivity contribution in [2.75, 3.05) is 0 Å². The molecule has 1 unspecified atom stereocenters. The molecule has 1 atom stereocenters. The molecule has 5 nitrogen and oxygen atoms in total. The fraction of sp³-hybridized carbons (Fsp3) is 0.278. The van der Waals surface area contributed by atoms with Crippen molar-refractivity contribution < 1.29 is 9.21 Å². The molecule has 0 saturated carbocycles. The Bertz CT molecular complexity index is 726. The maximum atomic E-state index is 12.7. The van der Waals surface area contributed by atoms with Crippen molar-refractivity contribution in [3.8, 4) is 0 Å². The molecule has 124 valence electrons. The summed E-state index contributed by atoms with van der Waals surface area (Å²) in [4.78, 5) is 14.4. The number of furan rings is 1. The number of carbonyl (C=O) groups is 1. The first kappa shape index (κ1) is 16.5. The van der Waals surface area contributed by atoms with Gasteiger partial charge in [-0.3, -0.25) is 9.69 Å². The molecule has 3 rings (SSSR count). The molecule has 2 aromatic rings. The number of hydrogen-bond acceptors (Lipinski definition) is 5. The van der Waals surface area contributed by atoms with Gasteiger partial charge in [-0.25, -0.2) is 0 Å². The van der Waals surface area contributed by atoms with Gasteiger partial charge in [0.1, 0.15) is 5.76 Å². The van der Waals surface area contributed by atoms with Crippen LogP contribution in [0.25, 0.3) is 0 Å². The topological polar surface area (TPSA) is 58.2 Å². The minimum absolute atomic E-state index is 0.0729. The number of thioether (sulfide) groups is 1. The van der Waals surface area contributed by atoms with Crippen LogP contribution >= 0.6 is 11.8 Å². The van der Waals surface area contributed by atoms with Gasteiger partial charge in [-0.1, -0.05) is 55.4 Å². The summed E-state index contributed by atoms with van der Waals surface area (Å²) >= 11 is 1.49. The zero-order valence-electron chi connectivity index (χ0n) is 13.5. The van der Waals surface area contributed by atoms with Gasteiger partial charge in [-0.2, -0.15) is 5.10 Å². The Kier molecular flexibility index (Phi) is 5.48. The van der Waals surface area contributed by atoms with Crippen molar-refractivity contribution in [2.45, 2.75) is 31.6 Å². The van der Waals surface area contributed by atoms with E-state index in [4.69, 9.17) is 4.42 Å². The number of amidine groups is 1. The van der Waals surface area contributed by atoms with Crippen LogP contribution in [0.4, 0.5) is 0 Å². The minimum atomic E-state index is -0.0729. The van der Waals surface area contributed by atoms with E-state index in [1.54, 1.807) is 29.5 Å².